The Morgan fingerprint density at radius 3 is 2.65 bits per heavy atom. The Morgan fingerprint density at radius 1 is 1.24 bits per heavy atom. The molecule has 17 heavy (non-hydrogen) atoms. The largest absolute Gasteiger partial charge is 0.508 e. The number of rotatable bonds is 6. The molecule has 0 saturated carbocycles. The van der Waals surface area contributed by atoms with Crippen molar-refractivity contribution in [2.24, 2.45) is 0 Å². The van der Waals surface area contributed by atoms with E-state index in [4.69, 9.17) is 5.11 Å². The van der Waals surface area contributed by atoms with E-state index in [2.05, 4.69) is 5.32 Å². The van der Waals surface area contributed by atoms with Gasteiger partial charge >= 0.3 is 5.97 Å². The van der Waals surface area contributed by atoms with Crippen LogP contribution in [0, 0.1) is 0 Å². The molecule has 5 heteroatoms. The molecule has 1 aromatic rings. The molecule has 0 unspecified atom stereocenters. The number of nitrogens with one attached hydrogen (secondary N) is 1. The summed E-state index contributed by atoms with van der Waals surface area (Å²) in [4.78, 5) is 21.8. The zero-order chi connectivity index (χ0) is 12.7. The first kappa shape index (κ1) is 13.0. The molecule has 0 aliphatic rings. The van der Waals surface area contributed by atoms with E-state index in [0.717, 1.165) is 0 Å². The molecular formula is C12H15NO4. The van der Waals surface area contributed by atoms with Gasteiger partial charge < -0.3 is 15.5 Å². The lowest BCUT2D eigenvalue weighted by atomic mass is 10.2. The number of hydrogen-bond donors (Lipinski definition) is 3. The first-order valence-corrected chi connectivity index (χ1v) is 5.38. The van der Waals surface area contributed by atoms with Gasteiger partial charge in [0.05, 0.1) is 0 Å². The van der Waals surface area contributed by atoms with E-state index in [0.29, 0.717) is 24.9 Å². The van der Waals surface area contributed by atoms with Gasteiger partial charge in [-0.25, -0.2) is 0 Å². The number of aliphatic carboxylic acids is 1. The summed E-state index contributed by atoms with van der Waals surface area (Å²) < 4.78 is 0. The van der Waals surface area contributed by atoms with Gasteiger partial charge in [0.15, 0.2) is 0 Å². The Balaban J connectivity index is 2.28. The van der Waals surface area contributed by atoms with Crippen LogP contribution in [0.4, 0.5) is 0 Å². The number of hydrogen-bond acceptors (Lipinski definition) is 3. The molecule has 0 fully saturated rings. The molecule has 0 aromatic heterocycles. The third-order valence-electron chi connectivity index (χ3n) is 2.21. The molecule has 3 N–H and O–H groups in total. The molecule has 1 rings (SSSR count). The highest BCUT2D eigenvalue weighted by atomic mass is 16.4. The minimum atomic E-state index is -0.829. The zero-order valence-electron chi connectivity index (χ0n) is 9.35. The molecule has 92 valence electrons. The highest BCUT2D eigenvalue weighted by Gasteiger charge is 2.05. The van der Waals surface area contributed by atoms with Crippen molar-refractivity contribution in [2.75, 3.05) is 6.54 Å². The van der Waals surface area contributed by atoms with Crippen molar-refractivity contribution in [1.29, 1.82) is 0 Å². The smallest absolute Gasteiger partial charge is 0.303 e. The Bertz CT molecular complexity index is 403. The van der Waals surface area contributed by atoms with Crippen LogP contribution in [0.2, 0.25) is 0 Å². The summed E-state index contributed by atoms with van der Waals surface area (Å²) in [5.74, 6) is -1.05. The van der Waals surface area contributed by atoms with Gasteiger partial charge in [-0.15, -0.1) is 0 Å². The van der Waals surface area contributed by atoms with Crippen LogP contribution < -0.4 is 5.32 Å². The highest BCUT2D eigenvalue weighted by molar-refractivity contribution is 5.94. The molecule has 5 nitrogen and oxygen atoms in total. The number of unbranched alkanes of at least 4 members (excludes halogenated alkanes) is 1. The zero-order valence-corrected chi connectivity index (χ0v) is 9.35. The molecule has 0 bridgehead atoms. The third kappa shape index (κ3) is 5.01. The van der Waals surface area contributed by atoms with Crippen LogP contribution in [0.25, 0.3) is 0 Å². The fraction of sp³-hybridized carbons (Fsp3) is 0.333. The number of carbonyl (C=O) groups is 2. The average Bonchev–Trinajstić information content (AvgIpc) is 2.28. The van der Waals surface area contributed by atoms with Gasteiger partial charge in [0.2, 0.25) is 0 Å². The molecule has 0 aliphatic heterocycles. The van der Waals surface area contributed by atoms with E-state index in [9.17, 15) is 14.7 Å². The van der Waals surface area contributed by atoms with E-state index in [1.165, 1.54) is 12.1 Å². The van der Waals surface area contributed by atoms with Crippen molar-refractivity contribution in [1.82, 2.24) is 5.32 Å². The van der Waals surface area contributed by atoms with Crippen molar-refractivity contribution in [3.8, 4) is 5.75 Å². The van der Waals surface area contributed by atoms with Crippen molar-refractivity contribution in [3.63, 3.8) is 0 Å². The molecule has 0 spiro atoms. The summed E-state index contributed by atoms with van der Waals surface area (Å²) in [5, 5.41) is 20.3. The molecule has 1 amide bonds. The topological polar surface area (TPSA) is 86.6 Å². The first-order valence-electron chi connectivity index (χ1n) is 5.38. The van der Waals surface area contributed by atoms with Gasteiger partial charge in [-0.1, -0.05) is 6.07 Å². The average molecular weight is 237 g/mol. The SMILES string of the molecule is O=C(O)CCCCNC(=O)c1cccc(O)c1. The number of carbonyl (C=O) groups excluding carboxylic acids is 1. The fourth-order valence-corrected chi connectivity index (χ4v) is 1.35. The second-order valence-electron chi connectivity index (χ2n) is 3.66. The van der Waals surface area contributed by atoms with Crippen LogP contribution in [0.1, 0.15) is 29.6 Å². The predicted molar refractivity (Wildman–Crippen MR) is 61.9 cm³/mol. The monoisotopic (exact) mass is 237 g/mol. The van der Waals surface area contributed by atoms with Gasteiger partial charge in [0, 0.05) is 18.5 Å². The lowest BCUT2D eigenvalue weighted by molar-refractivity contribution is -0.137. The lowest BCUT2D eigenvalue weighted by Crippen LogP contribution is -2.24. The lowest BCUT2D eigenvalue weighted by Gasteiger charge is -2.04. The van der Waals surface area contributed by atoms with Crippen molar-refractivity contribution >= 4 is 11.9 Å². The summed E-state index contributed by atoms with van der Waals surface area (Å²) in [7, 11) is 0. The number of carboxylic acid groups (broad SMARTS) is 1. The van der Waals surface area contributed by atoms with E-state index < -0.39 is 5.97 Å². The Kier molecular flexibility index (Phi) is 5.00. The van der Waals surface area contributed by atoms with Crippen LogP contribution in [-0.2, 0) is 4.79 Å². The summed E-state index contributed by atoms with van der Waals surface area (Å²) >= 11 is 0. The van der Waals surface area contributed by atoms with E-state index in [-0.39, 0.29) is 18.1 Å². The second-order valence-corrected chi connectivity index (χ2v) is 3.66. The number of phenols is 1. The Morgan fingerprint density at radius 2 is 2.00 bits per heavy atom. The Labute approximate surface area is 99.1 Å². The summed E-state index contributed by atoms with van der Waals surface area (Å²) in [6, 6.07) is 6.07. The van der Waals surface area contributed by atoms with E-state index >= 15 is 0 Å². The number of amides is 1. The minimum Gasteiger partial charge on any atom is -0.508 e. The van der Waals surface area contributed by atoms with Gasteiger partial charge in [0.1, 0.15) is 5.75 Å². The van der Waals surface area contributed by atoms with Crippen molar-refractivity contribution in [2.45, 2.75) is 19.3 Å². The number of benzene rings is 1. The van der Waals surface area contributed by atoms with E-state index in [1.807, 2.05) is 0 Å². The van der Waals surface area contributed by atoms with Crippen LogP contribution in [0.5, 0.6) is 5.75 Å². The maximum absolute atomic E-state index is 11.6. The van der Waals surface area contributed by atoms with Gasteiger partial charge in [-0.2, -0.15) is 0 Å². The second kappa shape index (κ2) is 6.52. The molecule has 0 saturated heterocycles. The summed E-state index contributed by atoms with van der Waals surface area (Å²) in [6.45, 7) is 0.432. The predicted octanol–water partition coefficient (Wildman–Crippen LogP) is 1.38. The maximum Gasteiger partial charge on any atom is 0.303 e. The van der Waals surface area contributed by atoms with E-state index in [1.54, 1.807) is 12.1 Å². The maximum atomic E-state index is 11.6. The molecule has 1 aromatic carbocycles. The standard InChI is InChI=1S/C12H15NO4/c14-10-5-3-4-9(8-10)12(17)13-7-2-1-6-11(15)16/h3-5,8,14H,1-2,6-7H2,(H,13,17)(H,15,16). The highest BCUT2D eigenvalue weighted by Crippen LogP contribution is 2.10. The van der Waals surface area contributed by atoms with Crippen LogP contribution in [0.3, 0.4) is 0 Å². The van der Waals surface area contributed by atoms with Gasteiger partial charge in [-0.3, -0.25) is 9.59 Å². The molecule has 0 heterocycles. The number of phenolic OH excluding ortho intramolecular Hbond substituents is 1. The van der Waals surface area contributed by atoms with Crippen molar-refractivity contribution < 1.29 is 19.8 Å². The summed E-state index contributed by atoms with van der Waals surface area (Å²) in [6.07, 6.45) is 1.27. The first-order chi connectivity index (χ1) is 8.09. The molecule has 0 aliphatic carbocycles. The third-order valence-corrected chi connectivity index (χ3v) is 2.21. The van der Waals surface area contributed by atoms with Crippen LogP contribution in [0.15, 0.2) is 24.3 Å². The normalized spacial score (nSPS) is 9.88. The number of aromatic hydroxyl groups is 1. The molecular weight excluding hydrogens is 222 g/mol. The van der Waals surface area contributed by atoms with Gasteiger partial charge in [-0.05, 0) is 31.0 Å². The fourth-order valence-electron chi connectivity index (χ4n) is 1.35. The van der Waals surface area contributed by atoms with Gasteiger partial charge in [0.25, 0.3) is 5.91 Å². The molecule has 0 atom stereocenters. The summed E-state index contributed by atoms with van der Waals surface area (Å²) in [5.41, 5.74) is 0.392. The number of carboxylic acids is 1. The Hall–Kier alpha value is -2.04. The van der Waals surface area contributed by atoms with Crippen LogP contribution >= 0.6 is 0 Å². The quantitative estimate of drug-likeness (QED) is 0.652. The van der Waals surface area contributed by atoms with Crippen LogP contribution in [-0.4, -0.2) is 28.6 Å². The van der Waals surface area contributed by atoms with Crippen molar-refractivity contribution in [3.05, 3.63) is 29.8 Å². The molecule has 0 radical (unpaired) electrons. The minimum absolute atomic E-state index is 0.0449.